The maximum atomic E-state index is 13.2. The Balaban J connectivity index is 1.71. The van der Waals surface area contributed by atoms with Crippen LogP contribution in [0.25, 0.3) is 11.1 Å². The predicted octanol–water partition coefficient (Wildman–Crippen LogP) is 2.64. The van der Waals surface area contributed by atoms with Crippen molar-refractivity contribution in [2.75, 3.05) is 50.7 Å². The Kier molecular flexibility index (Phi) is 5.22. The highest BCUT2D eigenvalue weighted by Gasteiger charge is 2.26. The predicted molar refractivity (Wildman–Crippen MR) is 107 cm³/mol. The van der Waals surface area contributed by atoms with Crippen molar-refractivity contribution >= 4 is 28.5 Å². The van der Waals surface area contributed by atoms with E-state index >= 15 is 0 Å². The molecule has 1 aliphatic rings. The Bertz CT molecular complexity index is 1040. The van der Waals surface area contributed by atoms with Crippen LogP contribution < -0.4 is 19.7 Å². The minimum Gasteiger partial charge on any atom is -0.493 e. The fourth-order valence-corrected chi connectivity index (χ4v) is 3.42. The molecular formula is C20H22N4O5. The Labute approximate surface area is 167 Å². The highest BCUT2D eigenvalue weighted by atomic mass is 16.5. The summed E-state index contributed by atoms with van der Waals surface area (Å²) >= 11 is 0. The number of hydrogen-bond acceptors (Lipinski definition) is 8. The van der Waals surface area contributed by atoms with E-state index in [4.69, 9.17) is 18.6 Å². The smallest absolute Gasteiger partial charge is 0.260 e. The summed E-state index contributed by atoms with van der Waals surface area (Å²) in [5.74, 6) is 1.95. The Morgan fingerprint density at radius 3 is 2.62 bits per heavy atom. The van der Waals surface area contributed by atoms with Crippen LogP contribution in [0, 0.1) is 6.92 Å². The normalized spacial score (nSPS) is 14.1. The van der Waals surface area contributed by atoms with Crippen molar-refractivity contribution < 1.29 is 23.4 Å². The fraction of sp³-hybridized carbons (Fsp3) is 0.350. The number of nitrogens with one attached hydrogen (secondary N) is 1. The van der Waals surface area contributed by atoms with Crippen molar-refractivity contribution in [2.24, 2.45) is 0 Å². The number of benzene rings is 1. The third kappa shape index (κ3) is 3.56. The zero-order valence-electron chi connectivity index (χ0n) is 16.5. The molecule has 0 unspecified atom stereocenters. The minimum atomic E-state index is -0.308. The molecule has 1 N–H and O–H groups in total. The Morgan fingerprint density at radius 2 is 1.90 bits per heavy atom. The van der Waals surface area contributed by atoms with Gasteiger partial charge in [0.15, 0.2) is 11.5 Å². The van der Waals surface area contributed by atoms with Gasteiger partial charge in [-0.3, -0.25) is 4.79 Å². The largest absolute Gasteiger partial charge is 0.493 e. The van der Waals surface area contributed by atoms with Gasteiger partial charge in [-0.15, -0.1) is 0 Å². The first-order valence-corrected chi connectivity index (χ1v) is 9.22. The van der Waals surface area contributed by atoms with Crippen molar-refractivity contribution in [3.8, 4) is 11.5 Å². The number of furan rings is 1. The molecule has 0 saturated carbocycles. The second-order valence-electron chi connectivity index (χ2n) is 6.53. The van der Waals surface area contributed by atoms with Crippen LogP contribution in [0.4, 0.5) is 11.5 Å². The number of rotatable bonds is 5. The zero-order valence-corrected chi connectivity index (χ0v) is 16.5. The molecule has 29 heavy (non-hydrogen) atoms. The first-order chi connectivity index (χ1) is 14.1. The van der Waals surface area contributed by atoms with Gasteiger partial charge < -0.3 is 28.8 Å². The molecule has 1 amide bonds. The molecule has 0 aliphatic carbocycles. The maximum absolute atomic E-state index is 13.2. The molecule has 0 spiro atoms. The average Bonchev–Trinajstić information content (AvgIpc) is 3.10. The van der Waals surface area contributed by atoms with E-state index in [-0.39, 0.29) is 5.91 Å². The molecule has 2 aromatic heterocycles. The standard InChI is InChI=1S/C20H22N4O5/c1-12-16(19(25)23-13-4-5-14(26-2)15(10-13)27-3)17-18(21-11-22-20(17)29-12)24-6-8-28-9-7-24/h4-5,10-11H,6-9H2,1-3H3,(H,23,25). The Hall–Kier alpha value is -3.33. The monoisotopic (exact) mass is 398 g/mol. The summed E-state index contributed by atoms with van der Waals surface area (Å²) in [4.78, 5) is 23.9. The molecule has 3 heterocycles. The van der Waals surface area contributed by atoms with Crippen LogP contribution in [0.15, 0.2) is 28.9 Å². The van der Waals surface area contributed by atoms with E-state index in [1.807, 2.05) is 0 Å². The average molecular weight is 398 g/mol. The lowest BCUT2D eigenvalue weighted by molar-refractivity contribution is 0.102. The van der Waals surface area contributed by atoms with Crippen LogP contribution in [-0.2, 0) is 4.74 Å². The first kappa shape index (κ1) is 19.0. The van der Waals surface area contributed by atoms with E-state index in [1.165, 1.54) is 6.33 Å². The van der Waals surface area contributed by atoms with Gasteiger partial charge in [-0.25, -0.2) is 9.97 Å². The maximum Gasteiger partial charge on any atom is 0.260 e. The summed E-state index contributed by atoms with van der Waals surface area (Å²) in [5, 5.41) is 3.50. The van der Waals surface area contributed by atoms with Crippen molar-refractivity contribution in [3.05, 3.63) is 35.9 Å². The van der Waals surface area contributed by atoms with Crippen molar-refractivity contribution in [1.82, 2.24) is 9.97 Å². The number of carbonyl (C=O) groups is 1. The lowest BCUT2D eigenvalue weighted by atomic mass is 10.1. The number of nitrogens with zero attached hydrogens (tertiary/aromatic N) is 3. The molecule has 3 aromatic rings. The highest BCUT2D eigenvalue weighted by molar-refractivity contribution is 6.15. The summed E-state index contributed by atoms with van der Waals surface area (Å²) in [5.41, 5.74) is 1.37. The summed E-state index contributed by atoms with van der Waals surface area (Å²) in [6, 6.07) is 5.18. The minimum absolute atomic E-state index is 0.308. The number of aromatic nitrogens is 2. The number of hydrogen-bond donors (Lipinski definition) is 1. The molecule has 4 rings (SSSR count). The van der Waals surface area contributed by atoms with E-state index in [0.29, 0.717) is 71.7 Å². The number of amides is 1. The van der Waals surface area contributed by atoms with E-state index in [9.17, 15) is 4.79 Å². The number of morpholine rings is 1. The van der Waals surface area contributed by atoms with E-state index in [1.54, 1.807) is 39.3 Å². The van der Waals surface area contributed by atoms with Gasteiger partial charge in [-0.1, -0.05) is 0 Å². The molecule has 1 saturated heterocycles. The van der Waals surface area contributed by atoms with Gasteiger partial charge in [-0.05, 0) is 19.1 Å². The van der Waals surface area contributed by atoms with E-state index < -0.39 is 0 Å². The molecule has 1 aliphatic heterocycles. The summed E-state index contributed by atoms with van der Waals surface area (Å²) in [7, 11) is 3.10. The molecule has 9 heteroatoms. The molecule has 152 valence electrons. The van der Waals surface area contributed by atoms with Crippen molar-refractivity contribution in [1.29, 1.82) is 0 Å². The SMILES string of the molecule is COc1ccc(NC(=O)c2c(C)oc3ncnc(N4CCOCC4)c23)cc1OC. The van der Waals surface area contributed by atoms with Crippen LogP contribution in [0.1, 0.15) is 16.1 Å². The van der Waals surface area contributed by atoms with Crippen molar-refractivity contribution in [3.63, 3.8) is 0 Å². The number of carbonyl (C=O) groups excluding carboxylic acids is 1. The zero-order chi connectivity index (χ0) is 20.4. The summed E-state index contributed by atoms with van der Waals surface area (Å²) in [6.07, 6.45) is 1.45. The number of fused-ring (bicyclic) bond motifs is 1. The van der Waals surface area contributed by atoms with Gasteiger partial charge in [0, 0.05) is 24.8 Å². The molecule has 0 bridgehead atoms. The van der Waals surface area contributed by atoms with E-state index in [0.717, 1.165) is 0 Å². The van der Waals surface area contributed by atoms with Crippen LogP contribution in [0.3, 0.4) is 0 Å². The van der Waals surface area contributed by atoms with Gasteiger partial charge >= 0.3 is 0 Å². The molecular weight excluding hydrogens is 376 g/mol. The second kappa shape index (κ2) is 7.96. The summed E-state index contributed by atoms with van der Waals surface area (Å²) < 4.78 is 21.7. The van der Waals surface area contributed by atoms with Crippen LogP contribution in [0.5, 0.6) is 11.5 Å². The number of ether oxygens (including phenoxy) is 3. The van der Waals surface area contributed by atoms with Crippen LogP contribution in [0.2, 0.25) is 0 Å². The molecule has 0 radical (unpaired) electrons. The summed E-state index contributed by atoms with van der Waals surface area (Å²) in [6.45, 7) is 4.33. The van der Waals surface area contributed by atoms with E-state index in [2.05, 4.69) is 20.2 Å². The third-order valence-electron chi connectivity index (χ3n) is 4.82. The topological polar surface area (TPSA) is 99.0 Å². The van der Waals surface area contributed by atoms with Gasteiger partial charge in [-0.2, -0.15) is 0 Å². The van der Waals surface area contributed by atoms with Gasteiger partial charge in [0.2, 0.25) is 5.71 Å². The highest BCUT2D eigenvalue weighted by Crippen LogP contribution is 2.33. The number of anilines is 2. The lowest BCUT2D eigenvalue weighted by Gasteiger charge is -2.28. The molecule has 1 aromatic carbocycles. The lowest BCUT2D eigenvalue weighted by Crippen LogP contribution is -2.37. The number of methoxy groups -OCH3 is 2. The molecule has 9 nitrogen and oxygen atoms in total. The fourth-order valence-electron chi connectivity index (χ4n) is 3.42. The second-order valence-corrected chi connectivity index (χ2v) is 6.53. The van der Waals surface area contributed by atoms with Crippen molar-refractivity contribution in [2.45, 2.75) is 6.92 Å². The quantitative estimate of drug-likeness (QED) is 0.700. The van der Waals surface area contributed by atoms with Crippen LogP contribution >= 0.6 is 0 Å². The van der Waals surface area contributed by atoms with Gasteiger partial charge in [0.25, 0.3) is 5.91 Å². The number of aryl methyl sites for hydroxylation is 1. The molecule has 1 fully saturated rings. The molecule has 0 atom stereocenters. The van der Waals surface area contributed by atoms with Gasteiger partial charge in [0.05, 0.1) is 38.4 Å². The first-order valence-electron chi connectivity index (χ1n) is 9.22. The third-order valence-corrected chi connectivity index (χ3v) is 4.82. The van der Waals surface area contributed by atoms with Gasteiger partial charge in [0.1, 0.15) is 17.9 Å². The Morgan fingerprint density at radius 1 is 1.14 bits per heavy atom. The van der Waals surface area contributed by atoms with Crippen LogP contribution in [-0.4, -0.2) is 56.4 Å².